The fraction of sp³-hybridized carbons (Fsp3) is 0.310. The van der Waals surface area contributed by atoms with Gasteiger partial charge in [-0.05, 0) is 44.4 Å². The zero-order chi connectivity index (χ0) is 23.8. The van der Waals surface area contributed by atoms with Gasteiger partial charge in [0.1, 0.15) is 6.04 Å². The lowest BCUT2D eigenvalue weighted by molar-refractivity contribution is -0.141. The molecule has 2 amide bonds. The molecule has 3 rings (SSSR count). The van der Waals surface area contributed by atoms with Gasteiger partial charge >= 0.3 is 0 Å². The summed E-state index contributed by atoms with van der Waals surface area (Å²) in [6, 6.07) is 27.1. The first-order valence-electron chi connectivity index (χ1n) is 11.5. The number of nitrogens with one attached hydrogen (secondary N) is 1. The topological polar surface area (TPSA) is 49.4 Å². The number of hydrogen-bond acceptors (Lipinski definition) is 2. The molecule has 172 valence electrons. The average Bonchev–Trinajstić information content (AvgIpc) is 2.77. The van der Waals surface area contributed by atoms with Crippen LogP contribution in [0.25, 0.3) is 0 Å². The Morgan fingerprint density at radius 1 is 0.788 bits per heavy atom. The van der Waals surface area contributed by atoms with Crippen LogP contribution in [0.4, 0.5) is 0 Å². The van der Waals surface area contributed by atoms with Crippen LogP contribution in [-0.2, 0) is 29.0 Å². The summed E-state index contributed by atoms with van der Waals surface area (Å²) in [6.07, 6.45) is 0.704. The monoisotopic (exact) mass is 442 g/mol. The van der Waals surface area contributed by atoms with Crippen molar-refractivity contribution in [2.45, 2.75) is 58.7 Å². The number of aryl methyl sites for hydroxylation is 1. The average molecular weight is 443 g/mol. The number of carbonyl (C=O) groups is 2. The van der Waals surface area contributed by atoms with Gasteiger partial charge in [-0.2, -0.15) is 0 Å². The molecular weight excluding hydrogens is 408 g/mol. The van der Waals surface area contributed by atoms with Crippen LogP contribution in [0.2, 0.25) is 0 Å². The highest BCUT2D eigenvalue weighted by atomic mass is 16.2. The third kappa shape index (κ3) is 7.60. The Kier molecular flexibility index (Phi) is 8.05. The lowest BCUT2D eigenvalue weighted by Crippen LogP contribution is -2.54. The lowest BCUT2D eigenvalue weighted by atomic mass is 9.99. The van der Waals surface area contributed by atoms with Gasteiger partial charge < -0.3 is 10.2 Å². The summed E-state index contributed by atoms with van der Waals surface area (Å²) >= 11 is 0. The second-order valence-electron chi connectivity index (χ2n) is 9.61. The summed E-state index contributed by atoms with van der Waals surface area (Å²) in [5, 5.41) is 3.10. The van der Waals surface area contributed by atoms with Crippen molar-refractivity contribution in [3.63, 3.8) is 0 Å². The van der Waals surface area contributed by atoms with E-state index < -0.39 is 11.6 Å². The highest BCUT2D eigenvalue weighted by molar-refractivity contribution is 5.89. The van der Waals surface area contributed by atoms with Crippen molar-refractivity contribution in [3.8, 4) is 0 Å². The third-order valence-corrected chi connectivity index (χ3v) is 5.44. The van der Waals surface area contributed by atoms with E-state index in [1.54, 1.807) is 4.90 Å². The molecule has 0 aliphatic carbocycles. The van der Waals surface area contributed by atoms with Gasteiger partial charge in [0.05, 0.1) is 6.42 Å². The third-order valence-electron chi connectivity index (χ3n) is 5.44. The fourth-order valence-corrected chi connectivity index (χ4v) is 3.77. The fourth-order valence-electron chi connectivity index (χ4n) is 3.77. The summed E-state index contributed by atoms with van der Waals surface area (Å²) in [7, 11) is 0. The smallest absolute Gasteiger partial charge is 0.243 e. The molecule has 1 unspecified atom stereocenters. The van der Waals surface area contributed by atoms with Crippen molar-refractivity contribution >= 4 is 11.8 Å². The first kappa shape index (κ1) is 24.2. The van der Waals surface area contributed by atoms with Gasteiger partial charge in [-0.1, -0.05) is 90.5 Å². The first-order valence-corrected chi connectivity index (χ1v) is 11.5. The largest absolute Gasteiger partial charge is 0.350 e. The van der Waals surface area contributed by atoms with Crippen molar-refractivity contribution in [1.29, 1.82) is 0 Å². The van der Waals surface area contributed by atoms with E-state index in [1.807, 2.05) is 113 Å². The minimum Gasteiger partial charge on any atom is -0.350 e. The lowest BCUT2D eigenvalue weighted by Gasteiger charge is -2.34. The summed E-state index contributed by atoms with van der Waals surface area (Å²) in [6.45, 7) is 8.29. The number of hydrogen-bond donors (Lipinski definition) is 1. The van der Waals surface area contributed by atoms with Crippen LogP contribution in [0.1, 0.15) is 43.0 Å². The molecule has 3 aromatic rings. The van der Waals surface area contributed by atoms with E-state index in [9.17, 15) is 9.59 Å². The van der Waals surface area contributed by atoms with Crippen LogP contribution in [0, 0.1) is 6.92 Å². The van der Waals surface area contributed by atoms with E-state index in [1.165, 1.54) is 0 Å². The maximum Gasteiger partial charge on any atom is 0.243 e. The standard InChI is InChI=1S/C29H34N2O2/c1-22-15-17-25(18-16-22)21-31(27(32)20-24-13-9-6-10-14-24)26(28(33)30-29(2,3)4)19-23-11-7-5-8-12-23/h5-18,26H,19-21H2,1-4H3,(H,30,33). The summed E-state index contributed by atoms with van der Waals surface area (Å²) in [5.74, 6) is -0.202. The molecule has 0 fully saturated rings. The quantitative estimate of drug-likeness (QED) is 0.528. The predicted octanol–water partition coefficient (Wildman–Crippen LogP) is 5.09. The number of benzene rings is 3. The van der Waals surface area contributed by atoms with Gasteiger partial charge in [0.25, 0.3) is 0 Å². The van der Waals surface area contributed by atoms with E-state index >= 15 is 0 Å². The van der Waals surface area contributed by atoms with Gasteiger partial charge in [-0.15, -0.1) is 0 Å². The van der Waals surface area contributed by atoms with Gasteiger partial charge in [0, 0.05) is 18.5 Å². The SMILES string of the molecule is Cc1ccc(CN(C(=O)Cc2ccccc2)C(Cc2ccccc2)C(=O)NC(C)(C)C)cc1. The predicted molar refractivity (Wildman–Crippen MR) is 134 cm³/mol. The van der Waals surface area contributed by atoms with E-state index in [-0.39, 0.29) is 18.2 Å². The van der Waals surface area contributed by atoms with Crippen molar-refractivity contribution in [2.75, 3.05) is 0 Å². The minimum atomic E-state index is -0.621. The van der Waals surface area contributed by atoms with Crippen LogP contribution in [0.15, 0.2) is 84.9 Å². The van der Waals surface area contributed by atoms with Gasteiger partial charge in [-0.25, -0.2) is 0 Å². The Labute approximate surface area is 197 Å². The molecule has 0 spiro atoms. The van der Waals surface area contributed by atoms with Crippen molar-refractivity contribution in [3.05, 3.63) is 107 Å². The molecule has 1 atom stereocenters. The Hall–Kier alpha value is -3.40. The van der Waals surface area contributed by atoms with Crippen LogP contribution in [0.5, 0.6) is 0 Å². The molecule has 0 aromatic heterocycles. The van der Waals surface area contributed by atoms with Crippen LogP contribution < -0.4 is 5.32 Å². The highest BCUT2D eigenvalue weighted by Gasteiger charge is 2.32. The molecule has 0 heterocycles. The molecular formula is C29H34N2O2. The minimum absolute atomic E-state index is 0.0632. The number of carbonyl (C=O) groups excluding carboxylic acids is 2. The van der Waals surface area contributed by atoms with E-state index in [4.69, 9.17) is 0 Å². The summed E-state index contributed by atoms with van der Waals surface area (Å²) in [4.78, 5) is 28.9. The zero-order valence-corrected chi connectivity index (χ0v) is 20.0. The van der Waals surface area contributed by atoms with Crippen molar-refractivity contribution in [2.24, 2.45) is 0 Å². The molecule has 0 aliphatic rings. The van der Waals surface area contributed by atoms with E-state index in [0.29, 0.717) is 13.0 Å². The van der Waals surface area contributed by atoms with Gasteiger partial charge in [-0.3, -0.25) is 9.59 Å². The molecule has 4 heteroatoms. The summed E-state index contributed by atoms with van der Waals surface area (Å²) in [5.41, 5.74) is 3.72. The van der Waals surface area contributed by atoms with E-state index in [2.05, 4.69) is 5.32 Å². The normalized spacial score (nSPS) is 12.1. The maximum absolute atomic E-state index is 13.6. The molecule has 33 heavy (non-hydrogen) atoms. The molecule has 0 radical (unpaired) electrons. The Morgan fingerprint density at radius 3 is 1.88 bits per heavy atom. The van der Waals surface area contributed by atoms with Crippen molar-refractivity contribution in [1.82, 2.24) is 10.2 Å². The number of amides is 2. The second kappa shape index (κ2) is 11.0. The second-order valence-corrected chi connectivity index (χ2v) is 9.61. The van der Waals surface area contributed by atoms with Crippen LogP contribution in [-0.4, -0.2) is 28.3 Å². The molecule has 0 saturated carbocycles. The molecule has 0 saturated heterocycles. The Bertz CT molecular complexity index is 1040. The molecule has 1 N–H and O–H groups in total. The van der Waals surface area contributed by atoms with Gasteiger partial charge in [0.15, 0.2) is 0 Å². The Morgan fingerprint density at radius 2 is 1.33 bits per heavy atom. The molecule has 0 aliphatic heterocycles. The Balaban J connectivity index is 1.97. The van der Waals surface area contributed by atoms with E-state index in [0.717, 1.165) is 22.3 Å². The summed E-state index contributed by atoms with van der Waals surface area (Å²) < 4.78 is 0. The highest BCUT2D eigenvalue weighted by Crippen LogP contribution is 2.18. The molecule has 0 bridgehead atoms. The van der Waals surface area contributed by atoms with Crippen LogP contribution in [0.3, 0.4) is 0 Å². The molecule has 3 aromatic carbocycles. The van der Waals surface area contributed by atoms with Gasteiger partial charge in [0.2, 0.25) is 11.8 Å². The van der Waals surface area contributed by atoms with Crippen LogP contribution >= 0.6 is 0 Å². The number of rotatable bonds is 8. The number of nitrogens with zero attached hydrogens (tertiary/aromatic N) is 1. The zero-order valence-electron chi connectivity index (χ0n) is 20.0. The first-order chi connectivity index (χ1) is 15.7. The maximum atomic E-state index is 13.6. The van der Waals surface area contributed by atoms with Crippen molar-refractivity contribution < 1.29 is 9.59 Å². The molecule has 4 nitrogen and oxygen atoms in total.